The number of aromatic nitrogens is 6. The molecule has 0 radical (unpaired) electrons. The summed E-state index contributed by atoms with van der Waals surface area (Å²) in [4.78, 5) is 1.97. The number of pyridine rings is 1. The molecule has 11 nitrogen and oxygen atoms in total. The van der Waals surface area contributed by atoms with Gasteiger partial charge in [-0.15, -0.1) is 5.10 Å². The Morgan fingerprint density at radius 2 is 2.12 bits per heavy atom. The van der Waals surface area contributed by atoms with Crippen molar-refractivity contribution in [1.82, 2.24) is 35.3 Å². The summed E-state index contributed by atoms with van der Waals surface area (Å²) in [6.45, 7) is 3.83. The van der Waals surface area contributed by atoms with Gasteiger partial charge in [0.05, 0.1) is 10.2 Å². The molecule has 0 saturated heterocycles. The molecule has 4 aromatic rings. The van der Waals surface area contributed by atoms with Gasteiger partial charge in [-0.3, -0.25) is 4.90 Å². The summed E-state index contributed by atoms with van der Waals surface area (Å²) in [7, 11) is 0. The molecule has 0 aliphatic carbocycles. The van der Waals surface area contributed by atoms with Gasteiger partial charge < -0.3 is 19.7 Å². The predicted molar refractivity (Wildman–Crippen MR) is 118 cm³/mol. The van der Waals surface area contributed by atoms with E-state index < -0.39 is 16.8 Å². The van der Waals surface area contributed by atoms with Crippen molar-refractivity contribution in [3.05, 3.63) is 79.7 Å². The smallest absolute Gasteiger partial charge is 0.323 e. The van der Waals surface area contributed by atoms with E-state index in [1.165, 1.54) is 35.1 Å². The van der Waals surface area contributed by atoms with Gasteiger partial charge >= 0.3 is 5.49 Å². The minimum absolute atomic E-state index is 0.00886. The highest BCUT2D eigenvalue weighted by molar-refractivity contribution is 9.10. The van der Waals surface area contributed by atoms with Crippen LogP contribution in [0.5, 0.6) is 5.75 Å². The lowest BCUT2D eigenvalue weighted by molar-refractivity contribution is 0.221. The highest BCUT2D eigenvalue weighted by Gasteiger charge is 2.21. The number of aryl methyl sites for hydroxylation is 1. The highest BCUT2D eigenvalue weighted by atomic mass is 79.9. The number of benzene rings is 1. The second-order valence-corrected chi connectivity index (χ2v) is 7.99. The number of tetrazole rings is 1. The number of nitrogens with zero attached hydrogens (tertiary/aromatic N) is 6. The van der Waals surface area contributed by atoms with E-state index in [9.17, 15) is 14.8 Å². The van der Waals surface area contributed by atoms with Gasteiger partial charge in [0, 0.05) is 23.3 Å². The maximum Gasteiger partial charge on any atom is 0.323 e. The SMILES string of the molecule is CCc1cc(Cn2nnnc2-c2ccc(F)cc2C(C)Oc2cc(Br)c[nH]c2=[N+]([O-])[O-])on1. The Kier molecular flexibility index (Phi) is 6.40. The number of hydrogen-bond donors (Lipinski definition) is 1. The van der Waals surface area contributed by atoms with Crippen molar-refractivity contribution in [2.75, 3.05) is 0 Å². The third kappa shape index (κ3) is 4.87. The Labute approximate surface area is 194 Å². The van der Waals surface area contributed by atoms with Crippen LogP contribution in [0.3, 0.4) is 0 Å². The fourth-order valence-corrected chi connectivity index (χ4v) is 3.57. The third-order valence-corrected chi connectivity index (χ3v) is 5.29. The number of nitrogens with one attached hydrogen (secondary N) is 1. The number of rotatable bonds is 7. The molecule has 1 atom stereocenters. The van der Waals surface area contributed by atoms with E-state index in [0.717, 1.165) is 12.1 Å². The average molecular weight is 519 g/mol. The van der Waals surface area contributed by atoms with Gasteiger partial charge in [-0.05, 0) is 57.9 Å². The molecule has 13 heteroatoms. The van der Waals surface area contributed by atoms with Crippen molar-refractivity contribution in [1.29, 1.82) is 0 Å². The maximum absolute atomic E-state index is 14.2. The van der Waals surface area contributed by atoms with Crippen molar-refractivity contribution < 1.29 is 13.7 Å². The van der Waals surface area contributed by atoms with E-state index in [1.54, 1.807) is 6.92 Å². The number of aromatic amines is 1. The van der Waals surface area contributed by atoms with E-state index >= 15 is 0 Å². The molecule has 33 heavy (non-hydrogen) atoms. The average Bonchev–Trinajstić information content (AvgIpc) is 3.43. The summed E-state index contributed by atoms with van der Waals surface area (Å²) in [5, 5.41) is 38.6. The zero-order chi connectivity index (χ0) is 23.5. The van der Waals surface area contributed by atoms with E-state index in [1.807, 2.05) is 13.0 Å². The fraction of sp³-hybridized carbons (Fsp3) is 0.250. The topological polar surface area (TPSA) is 144 Å². The van der Waals surface area contributed by atoms with Gasteiger partial charge in [-0.25, -0.2) is 14.1 Å². The van der Waals surface area contributed by atoms with Gasteiger partial charge in [0.15, 0.2) is 11.6 Å². The lowest BCUT2D eigenvalue weighted by atomic mass is 10.0. The Morgan fingerprint density at radius 3 is 2.85 bits per heavy atom. The van der Waals surface area contributed by atoms with Crippen LogP contribution in [-0.4, -0.2) is 30.3 Å². The molecule has 1 unspecified atom stereocenters. The number of H-pyrrole nitrogens is 1. The molecule has 172 valence electrons. The highest BCUT2D eigenvalue weighted by Crippen LogP contribution is 2.30. The Balaban J connectivity index is 1.71. The van der Waals surface area contributed by atoms with Gasteiger partial charge in [-0.1, -0.05) is 12.1 Å². The van der Waals surface area contributed by atoms with Crippen molar-refractivity contribution >= 4 is 15.9 Å². The molecule has 0 fully saturated rings. The summed E-state index contributed by atoms with van der Waals surface area (Å²) in [5.74, 6) is 0.408. The predicted octanol–water partition coefficient (Wildman–Crippen LogP) is 3.08. The monoisotopic (exact) mass is 518 g/mol. The van der Waals surface area contributed by atoms with Crippen LogP contribution >= 0.6 is 15.9 Å². The normalized spacial score (nSPS) is 12.0. The minimum atomic E-state index is -0.778. The maximum atomic E-state index is 14.2. The van der Waals surface area contributed by atoms with Crippen LogP contribution in [0.2, 0.25) is 0 Å². The summed E-state index contributed by atoms with van der Waals surface area (Å²) in [6.07, 6.45) is 1.37. The largest absolute Gasteiger partial charge is 0.712 e. The first-order valence-corrected chi connectivity index (χ1v) is 10.7. The van der Waals surface area contributed by atoms with Gasteiger partial charge in [-0.2, -0.15) is 0 Å². The van der Waals surface area contributed by atoms with Crippen molar-refractivity contribution in [3.63, 3.8) is 0 Å². The summed E-state index contributed by atoms with van der Waals surface area (Å²) >= 11 is 3.26. The van der Waals surface area contributed by atoms with Crippen LogP contribution in [0.1, 0.15) is 37.0 Å². The molecule has 3 aromatic heterocycles. The van der Waals surface area contributed by atoms with Crippen LogP contribution in [-0.2, 0) is 13.0 Å². The van der Waals surface area contributed by atoms with Gasteiger partial charge in [0.25, 0.3) is 0 Å². The minimum Gasteiger partial charge on any atom is -0.712 e. The molecule has 4 rings (SSSR count). The van der Waals surface area contributed by atoms with Crippen LogP contribution in [0.4, 0.5) is 4.39 Å². The van der Waals surface area contributed by atoms with E-state index in [2.05, 4.69) is 41.6 Å². The number of hydrogen-bond acceptors (Lipinski definition) is 8. The molecule has 1 N–H and O–H groups in total. The third-order valence-electron chi connectivity index (χ3n) is 4.84. The molecule has 1 aromatic carbocycles. The standard InChI is InChI=1S/C20H18BrFN7O4/c1-3-14-8-15(33-25-14)10-28-19(24-26-27-28)16-5-4-13(22)7-17(16)11(2)32-18-6-12(21)9-23-20(18)29(30)31/h4-9,11,23H,3,10H2,1-2H3/q-1. The molecule has 0 aliphatic heterocycles. The molecule has 3 heterocycles. The van der Waals surface area contributed by atoms with Crippen LogP contribution < -0.4 is 15.1 Å². The van der Waals surface area contributed by atoms with E-state index in [-0.39, 0.29) is 17.8 Å². The molecule has 0 saturated carbocycles. The molecular weight excluding hydrogens is 501 g/mol. The number of ether oxygens (including phenoxy) is 1. The van der Waals surface area contributed by atoms with E-state index in [4.69, 9.17) is 9.26 Å². The molecule has 0 aliphatic rings. The summed E-state index contributed by atoms with van der Waals surface area (Å²) in [6, 6.07) is 7.38. The molecular formula is C20H18BrFN7O4-. The fourth-order valence-electron chi connectivity index (χ4n) is 3.25. The lowest BCUT2D eigenvalue weighted by Gasteiger charge is -2.19. The molecule has 0 spiro atoms. The molecule has 0 amide bonds. The molecule has 0 bridgehead atoms. The first-order valence-electron chi connectivity index (χ1n) is 9.88. The second-order valence-electron chi connectivity index (χ2n) is 7.08. The van der Waals surface area contributed by atoms with Crippen LogP contribution in [0, 0.1) is 16.2 Å². The van der Waals surface area contributed by atoms with Crippen LogP contribution in [0.15, 0.2) is 45.5 Å². The van der Waals surface area contributed by atoms with Crippen LogP contribution in [0.25, 0.3) is 11.4 Å². The number of halogens is 2. The Morgan fingerprint density at radius 1 is 1.30 bits per heavy atom. The van der Waals surface area contributed by atoms with Gasteiger partial charge in [0.1, 0.15) is 24.7 Å². The first-order chi connectivity index (χ1) is 15.9. The zero-order valence-corrected chi connectivity index (χ0v) is 19.1. The van der Waals surface area contributed by atoms with Crippen molar-refractivity contribution in [2.45, 2.75) is 32.9 Å². The summed E-state index contributed by atoms with van der Waals surface area (Å²) < 4.78 is 27.4. The van der Waals surface area contributed by atoms with Gasteiger partial charge in [0.2, 0.25) is 5.75 Å². The zero-order valence-electron chi connectivity index (χ0n) is 17.5. The first kappa shape index (κ1) is 22.5. The van der Waals surface area contributed by atoms with E-state index in [0.29, 0.717) is 27.2 Å². The lowest BCUT2D eigenvalue weighted by Crippen LogP contribution is -2.25. The van der Waals surface area contributed by atoms with Crippen molar-refractivity contribution in [3.8, 4) is 17.1 Å². The summed E-state index contributed by atoms with van der Waals surface area (Å²) in [5.41, 5.74) is 1.39. The second kappa shape index (κ2) is 9.40. The Hall–Kier alpha value is -3.74. The Bertz CT molecular complexity index is 1350. The quantitative estimate of drug-likeness (QED) is 0.367. The van der Waals surface area contributed by atoms with Crippen molar-refractivity contribution in [2.24, 2.45) is 0 Å².